The van der Waals surface area contributed by atoms with Gasteiger partial charge in [0.15, 0.2) is 0 Å². The van der Waals surface area contributed by atoms with Crippen LogP contribution in [0, 0.1) is 51.8 Å². The first-order valence-electron chi connectivity index (χ1n) is 13.9. The second kappa shape index (κ2) is 9.88. The van der Waals surface area contributed by atoms with Crippen LogP contribution < -0.4 is 4.72 Å². The van der Waals surface area contributed by atoms with Crippen LogP contribution in [0.15, 0.2) is 29.2 Å². The average molecular weight is 479 g/mol. The van der Waals surface area contributed by atoms with Crippen LogP contribution in [0.1, 0.15) is 103 Å². The fraction of sp³-hybridized carbons (Fsp3) is 0.733. The quantitative estimate of drug-likeness (QED) is 0.423. The first-order valence-corrected chi connectivity index (χ1v) is 14.7. The molecule has 184 valence electrons. The van der Waals surface area contributed by atoms with Gasteiger partial charge < -0.3 is 0 Å². The summed E-state index contributed by atoms with van der Waals surface area (Å²) >= 11 is 1.28. The van der Waals surface area contributed by atoms with Crippen molar-refractivity contribution in [2.45, 2.75) is 102 Å². The number of benzene rings is 1. The first-order chi connectivity index (χ1) is 16.5. The van der Waals surface area contributed by atoms with Crippen LogP contribution >= 0.6 is 11.9 Å². The van der Waals surface area contributed by atoms with Gasteiger partial charge in [-0.05, 0) is 129 Å². The molecule has 34 heavy (non-hydrogen) atoms. The molecule has 4 saturated carbocycles. The summed E-state index contributed by atoms with van der Waals surface area (Å²) in [7, 11) is 0. The van der Waals surface area contributed by atoms with Gasteiger partial charge in [-0.1, -0.05) is 38.8 Å². The molecule has 7 atom stereocenters. The molecule has 0 radical (unpaired) electrons. The first kappa shape index (κ1) is 24.2. The summed E-state index contributed by atoms with van der Waals surface area (Å²) in [4.78, 5) is 13.3. The van der Waals surface area contributed by atoms with Crippen LogP contribution in [0.3, 0.4) is 0 Å². The number of nitrogens with one attached hydrogen (secondary N) is 1. The van der Waals surface area contributed by atoms with E-state index >= 15 is 0 Å². The van der Waals surface area contributed by atoms with Crippen molar-refractivity contribution in [2.75, 3.05) is 0 Å². The van der Waals surface area contributed by atoms with E-state index in [1.807, 2.05) is 18.2 Å². The molecule has 0 heterocycles. The molecule has 1 N–H and O–H groups in total. The zero-order chi connectivity index (χ0) is 23.8. The van der Waals surface area contributed by atoms with E-state index in [9.17, 15) is 10.1 Å². The number of nitrogens with zero attached hydrogens (tertiary/aromatic N) is 1. The van der Waals surface area contributed by atoms with E-state index in [-0.39, 0.29) is 5.91 Å². The van der Waals surface area contributed by atoms with Gasteiger partial charge in [0.25, 0.3) is 0 Å². The van der Waals surface area contributed by atoms with Crippen molar-refractivity contribution < 1.29 is 4.79 Å². The lowest BCUT2D eigenvalue weighted by Gasteiger charge is -2.60. The summed E-state index contributed by atoms with van der Waals surface area (Å²) in [6.07, 6.45) is 17.3. The zero-order valence-corrected chi connectivity index (χ0v) is 22.0. The van der Waals surface area contributed by atoms with E-state index in [2.05, 4.69) is 24.6 Å². The number of nitriles is 1. The van der Waals surface area contributed by atoms with Gasteiger partial charge in [-0.15, -0.1) is 0 Å². The summed E-state index contributed by atoms with van der Waals surface area (Å²) < 4.78 is 2.96. The van der Waals surface area contributed by atoms with Gasteiger partial charge in [-0.3, -0.25) is 9.52 Å². The third-order valence-electron chi connectivity index (χ3n) is 11.0. The highest BCUT2D eigenvalue weighted by Gasteiger charge is 2.59. The van der Waals surface area contributed by atoms with Crippen LogP contribution in [-0.2, 0) is 4.79 Å². The molecular formula is C30H42N2OS. The number of rotatable bonds is 6. The molecule has 4 heteroatoms. The Morgan fingerprint density at radius 3 is 2.71 bits per heavy atom. The predicted octanol–water partition coefficient (Wildman–Crippen LogP) is 7.90. The predicted molar refractivity (Wildman–Crippen MR) is 139 cm³/mol. The third kappa shape index (κ3) is 4.32. The maximum atomic E-state index is 12.5. The molecule has 0 bridgehead atoms. The van der Waals surface area contributed by atoms with Crippen molar-refractivity contribution in [3.05, 3.63) is 29.8 Å². The van der Waals surface area contributed by atoms with E-state index in [0.29, 0.717) is 22.8 Å². The Hall–Kier alpha value is -1.47. The fourth-order valence-electron chi connectivity index (χ4n) is 9.20. The Balaban J connectivity index is 1.14. The fourth-order valence-corrected chi connectivity index (χ4v) is 9.89. The van der Waals surface area contributed by atoms with E-state index in [1.54, 1.807) is 6.07 Å². The van der Waals surface area contributed by atoms with Gasteiger partial charge in [-0.25, -0.2) is 0 Å². The Bertz CT molecular complexity index is 940. The Labute approximate surface area is 211 Å². The maximum Gasteiger partial charge on any atom is 0.230 e. The molecule has 1 amide bonds. The molecule has 4 fully saturated rings. The minimum Gasteiger partial charge on any atom is -0.296 e. The number of carbonyl (C=O) groups excluding carboxylic acids is 1. The Kier molecular flexibility index (Phi) is 7.04. The van der Waals surface area contributed by atoms with Crippen LogP contribution in [0.4, 0.5) is 0 Å². The Morgan fingerprint density at radius 2 is 1.85 bits per heavy atom. The lowest BCUT2D eigenvalue weighted by molar-refractivity contribution is -0.119. The molecule has 0 aliphatic heterocycles. The number of amides is 1. The molecule has 1 aromatic carbocycles. The van der Waals surface area contributed by atoms with Crippen molar-refractivity contribution in [1.29, 1.82) is 5.26 Å². The van der Waals surface area contributed by atoms with Gasteiger partial charge in [-0.2, -0.15) is 5.26 Å². The van der Waals surface area contributed by atoms with Gasteiger partial charge >= 0.3 is 0 Å². The second-order valence-corrected chi connectivity index (χ2v) is 13.2. The monoisotopic (exact) mass is 478 g/mol. The molecule has 0 saturated heterocycles. The topological polar surface area (TPSA) is 52.9 Å². The van der Waals surface area contributed by atoms with Crippen molar-refractivity contribution >= 4 is 17.9 Å². The average Bonchev–Trinajstić information content (AvgIpc) is 3.19. The summed E-state index contributed by atoms with van der Waals surface area (Å²) in [5.74, 6) is 4.73. The number of hydrogen-bond acceptors (Lipinski definition) is 3. The van der Waals surface area contributed by atoms with E-state index < -0.39 is 0 Å². The highest BCUT2D eigenvalue weighted by molar-refractivity contribution is 7.98. The largest absolute Gasteiger partial charge is 0.296 e. The molecule has 3 nitrogen and oxygen atoms in total. The normalized spacial score (nSPS) is 38.8. The lowest BCUT2D eigenvalue weighted by atomic mass is 9.45. The maximum absolute atomic E-state index is 12.5. The summed E-state index contributed by atoms with van der Waals surface area (Å²) in [5, 5.41) is 9.23. The van der Waals surface area contributed by atoms with E-state index in [1.165, 1.54) is 82.6 Å². The molecule has 1 aromatic rings. The molecule has 0 aromatic heterocycles. The van der Waals surface area contributed by atoms with Crippen LogP contribution in [0.25, 0.3) is 0 Å². The highest BCUT2D eigenvalue weighted by atomic mass is 32.2. The molecule has 7 unspecified atom stereocenters. The Morgan fingerprint density at radius 1 is 1.03 bits per heavy atom. The van der Waals surface area contributed by atoms with Crippen LogP contribution in [-0.4, -0.2) is 5.91 Å². The molecule has 4 aliphatic carbocycles. The number of carbonyl (C=O) groups is 1. The smallest absolute Gasteiger partial charge is 0.230 e. The SMILES string of the molecule is CC12CCCCC1CCC1C2CCC2(C)C(CCCC(=O)NSc3ccccc3C#N)CCC12. The van der Waals surface area contributed by atoms with Crippen LogP contribution in [0.2, 0.25) is 0 Å². The third-order valence-corrected chi connectivity index (χ3v) is 11.9. The molecule has 4 aliphatic rings. The van der Waals surface area contributed by atoms with Crippen LogP contribution in [0.5, 0.6) is 0 Å². The number of hydrogen-bond donors (Lipinski definition) is 1. The molecule has 5 rings (SSSR count). The van der Waals surface area contributed by atoms with Crippen molar-refractivity contribution in [2.24, 2.45) is 40.4 Å². The van der Waals surface area contributed by atoms with E-state index in [4.69, 9.17) is 0 Å². The van der Waals surface area contributed by atoms with Crippen molar-refractivity contribution in [3.8, 4) is 6.07 Å². The minimum absolute atomic E-state index is 0.0877. The van der Waals surface area contributed by atoms with Gasteiger partial charge in [0.1, 0.15) is 6.07 Å². The summed E-state index contributed by atoms with van der Waals surface area (Å²) in [6.45, 7) is 5.30. The zero-order valence-electron chi connectivity index (χ0n) is 21.2. The highest BCUT2D eigenvalue weighted by Crippen LogP contribution is 2.67. The van der Waals surface area contributed by atoms with Gasteiger partial charge in [0.05, 0.1) is 5.56 Å². The lowest BCUT2D eigenvalue weighted by Crippen LogP contribution is -2.52. The summed E-state index contributed by atoms with van der Waals surface area (Å²) in [6, 6.07) is 9.64. The molecular weight excluding hydrogens is 436 g/mol. The minimum atomic E-state index is 0.0877. The van der Waals surface area contributed by atoms with Crippen molar-refractivity contribution in [1.82, 2.24) is 4.72 Å². The van der Waals surface area contributed by atoms with Crippen molar-refractivity contribution in [3.63, 3.8) is 0 Å². The molecule has 0 spiro atoms. The van der Waals surface area contributed by atoms with Gasteiger partial charge in [0, 0.05) is 11.3 Å². The van der Waals surface area contributed by atoms with E-state index in [0.717, 1.165) is 40.9 Å². The standard InChI is InChI=1S/C30H42N2OS/c1-29-18-6-5-9-22(29)13-15-24-25-16-14-23(30(25,2)19-17-26(24)29)10-7-12-28(33)32-34-27-11-4-3-8-21(27)20-31/h3-4,8,11,22-26H,5-7,9-10,12-19H2,1-2H3,(H,32,33). The van der Waals surface area contributed by atoms with Gasteiger partial charge in [0.2, 0.25) is 5.91 Å². The number of fused-ring (bicyclic) bond motifs is 5. The second-order valence-electron chi connectivity index (χ2n) is 12.3. The summed E-state index contributed by atoms with van der Waals surface area (Å²) in [5.41, 5.74) is 1.74.